The first-order chi connectivity index (χ1) is 7.74. The van der Waals surface area contributed by atoms with Crippen LogP contribution in [-0.2, 0) is 4.79 Å². The fraction of sp³-hybridized carbons (Fsp3) is 0.444. The third-order valence-electron chi connectivity index (χ3n) is 1.86. The average Bonchev–Trinajstić information content (AvgIpc) is 2.30. The van der Waals surface area contributed by atoms with Crippen molar-refractivity contribution >= 4 is 18.0 Å². The van der Waals surface area contributed by atoms with Gasteiger partial charge < -0.3 is 5.32 Å². The van der Waals surface area contributed by atoms with Crippen molar-refractivity contribution in [3.8, 4) is 0 Å². The molecule has 0 saturated heterocycles. The minimum atomic E-state index is -0.195. The number of amidine groups is 1. The minimum absolute atomic E-state index is 0.161. The molecule has 4 N–H and O–H groups in total. The SMILES string of the molecule is C=CCN(N)C(=O)CNCC1=NCC=NN1. The Labute approximate surface area is 94.1 Å². The van der Waals surface area contributed by atoms with Gasteiger partial charge in [-0.3, -0.25) is 20.2 Å². The molecule has 7 heteroatoms. The molecule has 0 bridgehead atoms. The van der Waals surface area contributed by atoms with Gasteiger partial charge in [0.05, 0.1) is 26.2 Å². The Kier molecular flexibility index (Phi) is 5.17. The molecule has 1 aliphatic heterocycles. The Morgan fingerprint density at radius 2 is 2.62 bits per heavy atom. The summed E-state index contributed by atoms with van der Waals surface area (Å²) in [6.07, 6.45) is 3.24. The molecular formula is C9H16N6O. The van der Waals surface area contributed by atoms with Crippen LogP contribution in [0.3, 0.4) is 0 Å². The zero-order valence-electron chi connectivity index (χ0n) is 9.02. The molecule has 0 unspecified atom stereocenters. The van der Waals surface area contributed by atoms with E-state index in [4.69, 9.17) is 5.84 Å². The van der Waals surface area contributed by atoms with E-state index >= 15 is 0 Å². The summed E-state index contributed by atoms with van der Waals surface area (Å²) in [6.45, 7) is 5.03. The van der Waals surface area contributed by atoms with Gasteiger partial charge in [-0.1, -0.05) is 6.08 Å². The zero-order valence-corrected chi connectivity index (χ0v) is 9.02. The third kappa shape index (κ3) is 4.20. The molecule has 16 heavy (non-hydrogen) atoms. The first-order valence-corrected chi connectivity index (χ1v) is 4.91. The minimum Gasteiger partial charge on any atom is -0.301 e. The topological polar surface area (TPSA) is 95.1 Å². The zero-order chi connectivity index (χ0) is 11.8. The number of hydrogen-bond acceptors (Lipinski definition) is 6. The predicted molar refractivity (Wildman–Crippen MR) is 62.9 cm³/mol. The molecular weight excluding hydrogens is 208 g/mol. The van der Waals surface area contributed by atoms with Crippen LogP contribution in [0.1, 0.15) is 0 Å². The fourth-order valence-corrected chi connectivity index (χ4v) is 1.07. The van der Waals surface area contributed by atoms with E-state index in [1.54, 1.807) is 12.3 Å². The van der Waals surface area contributed by atoms with Crippen LogP contribution < -0.4 is 16.6 Å². The van der Waals surface area contributed by atoms with Gasteiger partial charge in [0.15, 0.2) is 0 Å². The van der Waals surface area contributed by atoms with Crippen molar-refractivity contribution in [1.29, 1.82) is 0 Å². The highest BCUT2D eigenvalue weighted by atomic mass is 16.2. The van der Waals surface area contributed by atoms with Crippen molar-refractivity contribution < 1.29 is 4.79 Å². The van der Waals surface area contributed by atoms with E-state index in [1.165, 1.54) is 0 Å². The Hall–Kier alpha value is -1.73. The van der Waals surface area contributed by atoms with Crippen molar-refractivity contribution in [3.63, 3.8) is 0 Å². The van der Waals surface area contributed by atoms with E-state index < -0.39 is 0 Å². The van der Waals surface area contributed by atoms with Crippen LogP contribution in [-0.4, -0.2) is 49.1 Å². The molecule has 7 nitrogen and oxygen atoms in total. The van der Waals surface area contributed by atoms with Crippen LogP contribution >= 0.6 is 0 Å². The summed E-state index contributed by atoms with van der Waals surface area (Å²) in [5.41, 5.74) is 2.73. The maximum atomic E-state index is 11.4. The van der Waals surface area contributed by atoms with Gasteiger partial charge in [-0.2, -0.15) is 5.10 Å². The first-order valence-electron chi connectivity index (χ1n) is 4.91. The summed E-state index contributed by atoms with van der Waals surface area (Å²) in [6, 6.07) is 0. The summed E-state index contributed by atoms with van der Waals surface area (Å²) in [5, 5.41) is 7.87. The van der Waals surface area contributed by atoms with Gasteiger partial charge in [-0.15, -0.1) is 6.58 Å². The monoisotopic (exact) mass is 224 g/mol. The van der Waals surface area contributed by atoms with Crippen LogP contribution in [0.5, 0.6) is 0 Å². The van der Waals surface area contributed by atoms with E-state index in [1.807, 2.05) is 0 Å². The normalized spacial score (nSPS) is 13.9. The third-order valence-corrected chi connectivity index (χ3v) is 1.86. The van der Waals surface area contributed by atoms with Gasteiger partial charge >= 0.3 is 0 Å². The molecule has 0 aromatic heterocycles. The highest BCUT2D eigenvalue weighted by molar-refractivity contribution is 5.88. The maximum absolute atomic E-state index is 11.4. The predicted octanol–water partition coefficient (Wildman–Crippen LogP) is -1.55. The van der Waals surface area contributed by atoms with Gasteiger partial charge in [0.1, 0.15) is 5.84 Å². The molecule has 0 fully saturated rings. The highest BCUT2D eigenvalue weighted by Gasteiger charge is 2.07. The molecule has 1 heterocycles. The van der Waals surface area contributed by atoms with Gasteiger partial charge in [0.2, 0.25) is 0 Å². The summed E-state index contributed by atoms with van der Waals surface area (Å²) in [7, 11) is 0. The Morgan fingerprint density at radius 3 is 3.25 bits per heavy atom. The summed E-state index contributed by atoms with van der Waals surface area (Å²) in [4.78, 5) is 15.5. The number of nitrogens with two attached hydrogens (primary N) is 1. The molecule has 1 aliphatic rings. The molecule has 0 spiro atoms. The van der Waals surface area contributed by atoms with E-state index in [9.17, 15) is 4.79 Å². The lowest BCUT2D eigenvalue weighted by molar-refractivity contribution is -0.129. The smallest absolute Gasteiger partial charge is 0.250 e. The number of amides is 1. The second kappa shape index (κ2) is 6.70. The lowest BCUT2D eigenvalue weighted by Gasteiger charge is -2.15. The van der Waals surface area contributed by atoms with Crippen molar-refractivity contribution in [2.24, 2.45) is 15.9 Å². The number of rotatable bonds is 6. The first kappa shape index (κ1) is 12.3. The second-order valence-corrected chi connectivity index (χ2v) is 3.15. The number of hydrogen-bond donors (Lipinski definition) is 3. The van der Waals surface area contributed by atoms with E-state index in [-0.39, 0.29) is 12.5 Å². The highest BCUT2D eigenvalue weighted by Crippen LogP contribution is 1.82. The number of carbonyl (C=O) groups is 1. The molecule has 1 amide bonds. The Bertz CT molecular complexity index is 311. The van der Waals surface area contributed by atoms with E-state index in [0.717, 1.165) is 5.01 Å². The Morgan fingerprint density at radius 1 is 1.81 bits per heavy atom. The summed E-state index contributed by atoms with van der Waals surface area (Å²) >= 11 is 0. The molecule has 88 valence electrons. The Balaban J connectivity index is 2.17. The standard InChI is InChI=1S/C9H16N6O/c1-2-5-15(10)9(16)7-11-6-8-12-3-4-13-14-8/h2,4,11H,1,3,5-7,10H2,(H,12,14). The lowest BCUT2D eigenvalue weighted by atomic mass is 10.4. The molecule has 1 rings (SSSR count). The van der Waals surface area contributed by atoms with Crippen LogP contribution in [0.15, 0.2) is 22.7 Å². The molecule has 0 atom stereocenters. The number of nitrogens with zero attached hydrogens (tertiary/aromatic N) is 3. The number of hydrazine groups is 1. The quantitative estimate of drug-likeness (QED) is 0.220. The number of nitrogens with one attached hydrogen (secondary N) is 2. The number of aliphatic imine (C=N–C) groups is 1. The number of hydrazone groups is 1. The van der Waals surface area contributed by atoms with Crippen molar-refractivity contribution in [3.05, 3.63) is 12.7 Å². The van der Waals surface area contributed by atoms with Crippen LogP contribution in [0.25, 0.3) is 0 Å². The van der Waals surface area contributed by atoms with E-state index in [2.05, 4.69) is 27.4 Å². The van der Waals surface area contributed by atoms with Crippen molar-refractivity contribution in [2.45, 2.75) is 0 Å². The van der Waals surface area contributed by atoms with Gasteiger partial charge in [0.25, 0.3) is 5.91 Å². The second-order valence-electron chi connectivity index (χ2n) is 3.15. The van der Waals surface area contributed by atoms with Gasteiger partial charge in [0, 0.05) is 6.21 Å². The molecule has 0 aliphatic carbocycles. The van der Waals surface area contributed by atoms with Crippen molar-refractivity contribution in [2.75, 3.05) is 26.2 Å². The van der Waals surface area contributed by atoms with Crippen LogP contribution in [0, 0.1) is 0 Å². The molecule has 0 saturated carbocycles. The van der Waals surface area contributed by atoms with E-state index in [0.29, 0.717) is 25.5 Å². The van der Waals surface area contributed by atoms with Gasteiger partial charge in [-0.05, 0) is 0 Å². The molecule has 0 radical (unpaired) electrons. The largest absolute Gasteiger partial charge is 0.301 e. The van der Waals surface area contributed by atoms with Gasteiger partial charge in [-0.25, -0.2) is 5.84 Å². The molecule has 0 aromatic rings. The number of carbonyl (C=O) groups excluding carboxylic acids is 1. The summed E-state index contributed by atoms with van der Waals surface area (Å²) in [5.74, 6) is 5.97. The van der Waals surface area contributed by atoms with Crippen LogP contribution in [0.4, 0.5) is 0 Å². The fourth-order valence-electron chi connectivity index (χ4n) is 1.07. The maximum Gasteiger partial charge on any atom is 0.250 e. The van der Waals surface area contributed by atoms with Crippen molar-refractivity contribution in [1.82, 2.24) is 15.8 Å². The van der Waals surface area contributed by atoms with Crippen LogP contribution in [0.2, 0.25) is 0 Å². The summed E-state index contributed by atoms with van der Waals surface area (Å²) < 4.78 is 0. The average molecular weight is 224 g/mol. The lowest BCUT2D eigenvalue weighted by Crippen LogP contribution is -2.44. The molecule has 0 aromatic carbocycles.